The van der Waals surface area contributed by atoms with Gasteiger partial charge in [-0.2, -0.15) is 0 Å². The third-order valence-corrected chi connectivity index (χ3v) is 3.30. The molecule has 1 aliphatic carbocycles. The van der Waals surface area contributed by atoms with E-state index in [1.54, 1.807) is 12.1 Å². The summed E-state index contributed by atoms with van der Waals surface area (Å²) in [5.41, 5.74) is 13.1. The Kier molecular flexibility index (Phi) is 4.01. The molecule has 0 fully saturated rings. The minimum absolute atomic E-state index is 0.480. The van der Waals surface area contributed by atoms with Crippen LogP contribution in [0.25, 0.3) is 0 Å². The van der Waals surface area contributed by atoms with Crippen molar-refractivity contribution in [1.82, 2.24) is 0 Å². The van der Waals surface area contributed by atoms with E-state index in [1.165, 1.54) is 0 Å². The van der Waals surface area contributed by atoms with Crippen molar-refractivity contribution in [3.8, 4) is 17.2 Å². The van der Waals surface area contributed by atoms with Gasteiger partial charge in [-0.25, -0.2) is 0 Å². The molecule has 0 heterocycles. The molecule has 0 radical (unpaired) electrons. The molecule has 3 rings (SSSR count). The summed E-state index contributed by atoms with van der Waals surface area (Å²) in [6.07, 6.45) is 8.05. The van der Waals surface area contributed by atoms with E-state index in [0.29, 0.717) is 28.6 Å². The maximum Gasteiger partial charge on any atom is 0.152 e. The predicted molar refractivity (Wildman–Crippen MR) is 88.9 cm³/mol. The molecular weight excluding hydrogens is 276 g/mol. The molecule has 4 nitrogen and oxygen atoms in total. The van der Waals surface area contributed by atoms with Crippen LogP contribution in [0.2, 0.25) is 0 Å². The van der Waals surface area contributed by atoms with Gasteiger partial charge in [0.1, 0.15) is 11.5 Å². The number of anilines is 2. The second-order valence-corrected chi connectivity index (χ2v) is 5.03. The Morgan fingerprint density at radius 3 is 2.14 bits per heavy atom. The van der Waals surface area contributed by atoms with Gasteiger partial charge >= 0.3 is 0 Å². The van der Waals surface area contributed by atoms with Crippen molar-refractivity contribution in [2.75, 3.05) is 11.5 Å². The number of hydrogen-bond acceptors (Lipinski definition) is 4. The van der Waals surface area contributed by atoms with Gasteiger partial charge in [0.05, 0.1) is 11.4 Å². The zero-order chi connectivity index (χ0) is 15.4. The molecule has 112 valence electrons. The SMILES string of the molecule is Nc1cc(Oc2ccccc2)c(N)cc1OC1=CCCC=C1. The molecule has 0 spiro atoms. The van der Waals surface area contributed by atoms with Crippen molar-refractivity contribution >= 4 is 11.4 Å². The van der Waals surface area contributed by atoms with E-state index >= 15 is 0 Å². The summed E-state index contributed by atoms with van der Waals surface area (Å²) in [6.45, 7) is 0. The van der Waals surface area contributed by atoms with Crippen molar-refractivity contribution in [2.24, 2.45) is 0 Å². The highest BCUT2D eigenvalue weighted by atomic mass is 16.5. The molecule has 4 heteroatoms. The summed E-state index contributed by atoms with van der Waals surface area (Å²) in [5, 5.41) is 0. The molecule has 0 aliphatic heterocycles. The van der Waals surface area contributed by atoms with Crippen LogP contribution in [-0.2, 0) is 0 Å². The number of nitrogen functional groups attached to an aromatic ring is 2. The second kappa shape index (κ2) is 6.26. The lowest BCUT2D eigenvalue weighted by Gasteiger charge is -2.15. The molecule has 0 saturated heterocycles. The van der Waals surface area contributed by atoms with Gasteiger partial charge < -0.3 is 20.9 Å². The zero-order valence-electron chi connectivity index (χ0n) is 12.2. The molecule has 0 atom stereocenters. The molecule has 0 amide bonds. The number of nitrogens with two attached hydrogens (primary N) is 2. The maximum absolute atomic E-state index is 6.05. The first-order valence-corrected chi connectivity index (χ1v) is 7.19. The fourth-order valence-electron chi connectivity index (χ4n) is 2.18. The lowest BCUT2D eigenvalue weighted by molar-refractivity contribution is 0.439. The van der Waals surface area contributed by atoms with Gasteiger partial charge in [-0.05, 0) is 37.1 Å². The lowest BCUT2D eigenvalue weighted by atomic mass is 10.2. The Bertz CT molecular complexity index is 721. The van der Waals surface area contributed by atoms with Crippen molar-refractivity contribution in [3.63, 3.8) is 0 Å². The quantitative estimate of drug-likeness (QED) is 0.827. The van der Waals surface area contributed by atoms with Crippen LogP contribution in [0.3, 0.4) is 0 Å². The molecule has 0 unspecified atom stereocenters. The topological polar surface area (TPSA) is 70.5 Å². The van der Waals surface area contributed by atoms with Gasteiger partial charge in [0.15, 0.2) is 11.5 Å². The summed E-state index contributed by atoms with van der Waals surface area (Å²) < 4.78 is 11.5. The van der Waals surface area contributed by atoms with Crippen molar-refractivity contribution < 1.29 is 9.47 Å². The highest BCUT2D eigenvalue weighted by molar-refractivity contribution is 5.68. The van der Waals surface area contributed by atoms with E-state index in [2.05, 4.69) is 6.08 Å². The monoisotopic (exact) mass is 294 g/mol. The van der Waals surface area contributed by atoms with Gasteiger partial charge in [0.2, 0.25) is 0 Å². The highest BCUT2D eigenvalue weighted by Crippen LogP contribution is 2.36. The summed E-state index contributed by atoms with van der Waals surface area (Å²) >= 11 is 0. The molecule has 1 aliphatic rings. The zero-order valence-corrected chi connectivity index (χ0v) is 12.2. The smallest absolute Gasteiger partial charge is 0.152 e. The molecule has 4 N–H and O–H groups in total. The summed E-state index contributed by atoms with van der Waals surface area (Å²) in [4.78, 5) is 0. The Balaban J connectivity index is 1.82. The first kappa shape index (κ1) is 14.1. The summed E-state index contributed by atoms with van der Waals surface area (Å²) in [5.74, 6) is 2.55. The molecule has 22 heavy (non-hydrogen) atoms. The fraction of sp³-hybridized carbons (Fsp3) is 0.111. The Morgan fingerprint density at radius 1 is 0.818 bits per heavy atom. The third kappa shape index (κ3) is 3.23. The van der Waals surface area contributed by atoms with Crippen molar-refractivity contribution in [3.05, 3.63) is 66.5 Å². The van der Waals surface area contributed by atoms with E-state index in [0.717, 1.165) is 18.6 Å². The number of allylic oxidation sites excluding steroid dienone is 3. The first-order chi connectivity index (χ1) is 10.7. The van der Waals surface area contributed by atoms with E-state index in [9.17, 15) is 0 Å². The van der Waals surface area contributed by atoms with E-state index < -0.39 is 0 Å². The minimum atomic E-state index is 0.480. The van der Waals surface area contributed by atoms with Crippen LogP contribution < -0.4 is 20.9 Å². The van der Waals surface area contributed by atoms with Crippen LogP contribution >= 0.6 is 0 Å². The largest absolute Gasteiger partial charge is 0.455 e. The van der Waals surface area contributed by atoms with Crippen LogP contribution in [0.1, 0.15) is 12.8 Å². The van der Waals surface area contributed by atoms with Crippen LogP contribution in [0, 0.1) is 0 Å². The normalized spacial score (nSPS) is 13.5. The average molecular weight is 294 g/mol. The van der Waals surface area contributed by atoms with E-state index in [4.69, 9.17) is 20.9 Å². The number of hydrogen-bond donors (Lipinski definition) is 2. The van der Waals surface area contributed by atoms with Crippen molar-refractivity contribution in [2.45, 2.75) is 12.8 Å². The summed E-state index contributed by atoms with van der Waals surface area (Å²) in [7, 11) is 0. The maximum atomic E-state index is 6.05. The van der Waals surface area contributed by atoms with Crippen molar-refractivity contribution in [1.29, 1.82) is 0 Å². The third-order valence-electron chi connectivity index (χ3n) is 3.30. The number of para-hydroxylation sites is 1. The molecule has 0 bridgehead atoms. The van der Waals surface area contributed by atoms with Crippen LogP contribution in [0.5, 0.6) is 17.2 Å². The second-order valence-electron chi connectivity index (χ2n) is 5.03. The number of rotatable bonds is 4. The average Bonchev–Trinajstić information content (AvgIpc) is 2.54. The first-order valence-electron chi connectivity index (χ1n) is 7.19. The van der Waals surface area contributed by atoms with E-state index in [1.807, 2.05) is 42.5 Å². The van der Waals surface area contributed by atoms with Crippen LogP contribution in [0.4, 0.5) is 11.4 Å². The number of benzene rings is 2. The molecule has 0 aromatic heterocycles. The molecule has 0 saturated carbocycles. The predicted octanol–water partition coefficient (Wildman–Crippen LogP) is 4.26. The Hall–Kier alpha value is -2.88. The van der Waals surface area contributed by atoms with E-state index in [-0.39, 0.29) is 0 Å². The van der Waals surface area contributed by atoms with Gasteiger partial charge in [-0.1, -0.05) is 24.3 Å². The molecule has 2 aromatic carbocycles. The standard InChI is InChI=1S/C18H18N2O2/c19-15-12-18(22-14-9-5-2-6-10-14)16(20)11-17(15)21-13-7-3-1-4-8-13/h1,3-5,7-12H,2,6,19-20H2. The Morgan fingerprint density at radius 2 is 1.50 bits per heavy atom. The van der Waals surface area contributed by atoms with Gasteiger partial charge in [0, 0.05) is 12.1 Å². The van der Waals surface area contributed by atoms with Gasteiger partial charge in [-0.3, -0.25) is 0 Å². The van der Waals surface area contributed by atoms with Crippen LogP contribution in [-0.4, -0.2) is 0 Å². The van der Waals surface area contributed by atoms with Gasteiger partial charge in [-0.15, -0.1) is 0 Å². The van der Waals surface area contributed by atoms with Gasteiger partial charge in [0.25, 0.3) is 0 Å². The highest BCUT2D eigenvalue weighted by Gasteiger charge is 2.11. The molecule has 2 aromatic rings. The Labute approximate surface area is 129 Å². The minimum Gasteiger partial charge on any atom is -0.455 e. The lowest BCUT2D eigenvalue weighted by Crippen LogP contribution is -2.01. The fourth-order valence-corrected chi connectivity index (χ4v) is 2.18. The summed E-state index contributed by atoms with van der Waals surface area (Å²) in [6, 6.07) is 12.8. The number of ether oxygens (including phenoxy) is 2. The molecular formula is C18H18N2O2. The van der Waals surface area contributed by atoms with Crippen LogP contribution in [0.15, 0.2) is 66.5 Å².